The Morgan fingerprint density at radius 2 is 1.72 bits per heavy atom. The number of nitrogens with one attached hydrogen (secondary N) is 1. The largest absolute Gasteiger partial charge is 0.352 e. The zero-order valence-electron chi connectivity index (χ0n) is 10.9. The van der Waals surface area contributed by atoms with Crippen LogP contribution in [0.2, 0.25) is 0 Å². The van der Waals surface area contributed by atoms with Gasteiger partial charge in [0.05, 0.1) is 6.42 Å². The lowest BCUT2D eigenvalue weighted by Gasteiger charge is -2.16. The first-order chi connectivity index (χ1) is 8.29. The maximum absolute atomic E-state index is 12.7. The van der Waals surface area contributed by atoms with Crippen LogP contribution in [0.15, 0.2) is 24.3 Å². The molecule has 0 aliphatic rings. The van der Waals surface area contributed by atoms with E-state index in [0.717, 1.165) is 5.56 Å². The Morgan fingerprint density at radius 1 is 1.17 bits per heavy atom. The number of amides is 1. The van der Waals surface area contributed by atoms with E-state index in [0.29, 0.717) is 6.54 Å². The zero-order chi connectivity index (χ0) is 13.8. The lowest BCUT2D eigenvalue weighted by Crippen LogP contribution is -2.30. The van der Waals surface area contributed by atoms with Gasteiger partial charge < -0.3 is 5.32 Å². The molecule has 1 aromatic rings. The van der Waals surface area contributed by atoms with Crippen LogP contribution < -0.4 is 5.32 Å². The van der Waals surface area contributed by atoms with E-state index in [4.69, 9.17) is 0 Å². The number of carbonyl (C=O) groups excluding carboxylic acids is 2. The third-order valence-corrected chi connectivity index (χ3v) is 2.56. The maximum atomic E-state index is 12.7. The van der Waals surface area contributed by atoms with Crippen LogP contribution in [0.3, 0.4) is 0 Å². The van der Waals surface area contributed by atoms with Crippen molar-refractivity contribution in [2.45, 2.75) is 33.7 Å². The van der Waals surface area contributed by atoms with Crippen LogP contribution in [0.5, 0.6) is 0 Å². The van der Waals surface area contributed by atoms with Crippen LogP contribution in [0.1, 0.15) is 32.8 Å². The number of carbonyl (C=O) groups is 2. The van der Waals surface area contributed by atoms with Crippen molar-refractivity contribution in [3.63, 3.8) is 0 Å². The summed E-state index contributed by atoms with van der Waals surface area (Å²) < 4.78 is 12.7. The zero-order valence-corrected chi connectivity index (χ0v) is 10.9. The fourth-order valence-corrected chi connectivity index (χ4v) is 1.28. The summed E-state index contributed by atoms with van der Waals surface area (Å²) in [6.45, 7) is 5.64. The molecule has 0 atom stereocenters. The molecular formula is C14H18FNO2. The molecule has 0 saturated heterocycles. The fourth-order valence-electron chi connectivity index (χ4n) is 1.28. The van der Waals surface area contributed by atoms with Gasteiger partial charge in [-0.1, -0.05) is 32.9 Å². The number of hydrogen-bond acceptors (Lipinski definition) is 2. The van der Waals surface area contributed by atoms with Crippen molar-refractivity contribution in [2.75, 3.05) is 0 Å². The molecule has 0 aromatic heterocycles. The number of hydrogen-bond donors (Lipinski definition) is 1. The summed E-state index contributed by atoms with van der Waals surface area (Å²) in [6.07, 6.45) is -0.120. The lowest BCUT2D eigenvalue weighted by molar-refractivity contribution is -0.132. The van der Waals surface area contributed by atoms with Gasteiger partial charge in [0, 0.05) is 12.0 Å². The van der Waals surface area contributed by atoms with E-state index in [1.807, 2.05) is 0 Å². The predicted molar refractivity (Wildman–Crippen MR) is 67.3 cm³/mol. The molecule has 1 rings (SSSR count). The Hall–Kier alpha value is -1.71. The van der Waals surface area contributed by atoms with E-state index in [1.165, 1.54) is 12.1 Å². The van der Waals surface area contributed by atoms with E-state index in [-0.39, 0.29) is 23.9 Å². The molecule has 1 N–H and O–H groups in total. The molecule has 4 heteroatoms. The number of rotatable bonds is 4. The molecule has 0 fully saturated rings. The van der Waals surface area contributed by atoms with Crippen LogP contribution in [0.25, 0.3) is 0 Å². The first kappa shape index (κ1) is 14.4. The van der Waals surface area contributed by atoms with Crippen molar-refractivity contribution in [1.29, 1.82) is 0 Å². The standard InChI is InChI=1S/C14H18FNO2/c1-14(2,3)12(17)8-13(18)16-9-10-4-6-11(15)7-5-10/h4-7H,8-9H2,1-3H3,(H,16,18). The normalized spacial score (nSPS) is 11.1. The molecule has 0 aliphatic heterocycles. The molecule has 0 aliphatic carbocycles. The third-order valence-electron chi connectivity index (χ3n) is 2.56. The number of halogens is 1. The summed E-state index contributed by atoms with van der Waals surface area (Å²) in [5.41, 5.74) is 0.292. The van der Waals surface area contributed by atoms with Gasteiger partial charge in [-0.2, -0.15) is 0 Å². The van der Waals surface area contributed by atoms with Crippen LogP contribution in [0.4, 0.5) is 4.39 Å². The van der Waals surface area contributed by atoms with Crippen LogP contribution in [-0.4, -0.2) is 11.7 Å². The number of ketones is 1. The van der Waals surface area contributed by atoms with Crippen LogP contribution >= 0.6 is 0 Å². The second kappa shape index (κ2) is 5.76. The topological polar surface area (TPSA) is 46.2 Å². The molecule has 18 heavy (non-hydrogen) atoms. The van der Waals surface area contributed by atoms with Gasteiger partial charge in [0.15, 0.2) is 0 Å². The number of benzene rings is 1. The second-order valence-electron chi connectivity index (χ2n) is 5.25. The highest BCUT2D eigenvalue weighted by atomic mass is 19.1. The van der Waals surface area contributed by atoms with Crippen molar-refractivity contribution in [2.24, 2.45) is 5.41 Å². The predicted octanol–water partition coefficient (Wildman–Crippen LogP) is 2.45. The molecular weight excluding hydrogens is 233 g/mol. The summed E-state index contributed by atoms with van der Waals surface area (Å²) in [5, 5.41) is 2.64. The van der Waals surface area contributed by atoms with E-state index >= 15 is 0 Å². The molecule has 0 unspecified atom stereocenters. The minimum absolute atomic E-state index is 0.0980. The molecule has 0 spiro atoms. The monoisotopic (exact) mass is 251 g/mol. The Kier molecular flexibility index (Phi) is 4.59. The van der Waals surface area contributed by atoms with E-state index in [9.17, 15) is 14.0 Å². The van der Waals surface area contributed by atoms with Gasteiger partial charge in [0.2, 0.25) is 5.91 Å². The summed E-state index contributed by atoms with van der Waals surface area (Å²) in [6, 6.07) is 5.87. The van der Waals surface area contributed by atoms with Gasteiger partial charge in [-0.05, 0) is 17.7 Å². The molecule has 1 aromatic carbocycles. The highest BCUT2D eigenvalue weighted by Gasteiger charge is 2.23. The lowest BCUT2D eigenvalue weighted by atomic mass is 9.89. The van der Waals surface area contributed by atoms with Crippen molar-refractivity contribution in [3.8, 4) is 0 Å². The summed E-state index contributed by atoms with van der Waals surface area (Å²) in [5.74, 6) is -0.716. The van der Waals surface area contributed by atoms with Gasteiger partial charge in [-0.15, -0.1) is 0 Å². The molecule has 0 bridgehead atoms. The van der Waals surface area contributed by atoms with Crippen molar-refractivity contribution in [3.05, 3.63) is 35.6 Å². The smallest absolute Gasteiger partial charge is 0.227 e. The first-order valence-corrected chi connectivity index (χ1v) is 5.83. The van der Waals surface area contributed by atoms with E-state index in [1.54, 1.807) is 32.9 Å². The summed E-state index contributed by atoms with van der Waals surface area (Å²) >= 11 is 0. The maximum Gasteiger partial charge on any atom is 0.227 e. The highest BCUT2D eigenvalue weighted by Crippen LogP contribution is 2.16. The Bertz CT molecular complexity index is 432. The molecule has 0 heterocycles. The van der Waals surface area contributed by atoms with Crippen molar-refractivity contribution < 1.29 is 14.0 Å². The average molecular weight is 251 g/mol. The van der Waals surface area contributed by atoms with Crippen molar-refractivity contribution >= 4 is 11.7 Å². The van der Waals surface area contributed by atoms with Gasteiger partial charge in [-0.3, -0.25) is 9.59 Å². The Morgan fingerprint density at radius 3 is 2.22 bits per heavy atom. The highest BCUT2D eigenvalue weighted by molar-refractivity contribution is 6.00. The molecule has 0 radical (unpaired) electrons. The van der Waals surface area contributed by atoms with Gasteiger partial charge in [0.25, 0.3) is 0 Å². The van der Waals surface area contributed by atoms with Crippen LogP contribution in [0, 0.1) is 11.2 Å². The Balaban J connectivity index is 2.42. The van der Waals surface area contributed by atoms with E-state index < -0.39 is 5.41 Å². The average Bonchev–Trinajstić information content (AvgIpc) is 2.27. The molecule has 3 nitrogen and oxygen atoms in total. The van der Waals surface area contributed by atoms with Gasteiger partial charge >= 0.3 is 0 Å². The second-order valence-corrected chi connectivity index (χ2v) is 5.25. The minimum atomic E-state index is -0.507. The SMILES string of the molecule is CC(C)(C)C(=O)CC(=O)NCc1ccc(F)cc1. The molecule has 0 saturated carbocycles. The van der Waals surface area contributed by atoms with E-state index in [2.05, 4.69) is 5.32 Å². The van der Waals surface area contributed by atoms with Gasteiger partial charge in [0.1, 0.15) is 11.6 Å². The quantitative estimate of drug-likeness (QED) is 0.835. The summed E-state index contributed by atoms with van der Waals surface area (Å²) in [7, 11) is 0. The summed E-state index contributed by atoms with van der Waals surface area (Å²) in [4.78, 5) is 23.2. The minimum Gasteiger partial charge on any atom is -0.352 e. The van der Waals surface area contributed by atoms with Gasteiger partial charge in [-0.25, -0.2) is 4.39 Å². The first-order valence-electron chi connectivity index (χ1n) is 5.83. The Labute approximate surface area is 106 Å². The number of Topliss-reactive ketones (excluding diaryl/α,β-unsaturated/α-hetero) is 1. The third kappa shape index (κ3) is 4.65. The molecule has 1 amide bonds. The molecule has 98 valence electrons. The van der Waals surface area contributed by atoms with Crippen molar-refractivity contribution in [1.82, 2.24) is 5.32 Å². The van der Waals surface area contributed by atoms with Crippen LogP contribution in [-0.2, 0) is 16.1 Å². The fraction of sp³-hybridized carbons (Fsp3) is 0.429.